The molecule has 0 saturated carbocycles. The minimum absolute atomic E-state index is 0.157. The summed E-state index contributed by atoms with van der Waals surface area (Å²) in [5, 5.41) is 5.72. The number of aromatic nitrogens is 1. The first-order valence-corrected chi connectivity index (χ1v) is 7.88. The highest BCUT2D eigenvalue weighted by molar-refractivity contribution is 9.11. The molecular weight excluding hydrogens is 324 g/mol. The molecule has 0 radical (unpaired) electrons. The molecule has 2 rings (SSSR count). The summed E-state index contributed by atoms with van der Waals surface area (Å²) < 4.78 is 6.39. The molecule has 0 spiro atoms. The van der Waals surface area contributed by atoms with Gasteiger partial charge in [-0.15, -0.1) is 11.3 Å². The molecule has 1 N–H and O–H groups in total. The number of thiophene rings is 1. The van der Waals surface area contributed by atoms with Crippen LogP contribution in [0.25, 0.3) is 0 Å². The Balaban J connectivity index is 2.30. The molecule has 0 aliphatic heterocycles. The van der Waals surface area contributed by atoms with Crippen molar-refractivity contribution in [2.24, 2.45) is 0 Å². The van der Waals surface area contributed by atoms with Crippen molar-refractivity contribution in [3.05, 3.63) is 44.8 Å². The van der Waals surface area contributed by atoms with Crippen molar-refractivity contribution in [3.63, 3.8) is 0 Å². The average molecular weight is 341 g/mol. The highest BCUT2D eigenvalue weighted by atomic mass is 79.9. The molecule has 2 aromatic heterocycles. The van der Waals surface area contributed by atoms with Gasteiger partial charge in [-0.25, -0.2) is 0 Å². The highest BCUT2D eigenvalue weighted by Gasteiger charge is 2.15. The summed E-state index contributed by atoms with van der Waals surface area (Å²) >= 11 is 5.22. The van der Waals surface area contributed by atoms with Crippen LogP contribution in [0.4, 0.5) is 0 Å². The van der Waals surface area contributed by atoms with Crippen LogP contribution in [0, 0.1) is 0 Å². The Labute approximate surface area is 126 Å². The van der Waals surface area contributed by atoms with E-state index < -0.39 is 0 Å². The Hall–Kier alpha value is -0.910. The molecule has 0 aliphatic carbocycles. The summed E-state index contributed by atoms with van der Waals surface area (Å²) in [5.74, 6) is 0.787. The van der Waals surface area contributed by atoms with Gasteiger partial charge < -0.3 is 10.1 Å². The third-order valence-corrected chi connectivity index (χ3v) is 4.35. The van der Waals surface area contributed by atoms with Crippen molar-refractivity contribution in [2.45, 2.75) is 19.4 Å². The third kappa shape index (κ3) is 3.78. The lowest BCUT2D eigenvalue weighted by molar-refractivity contribution is 0.411. The minimum Gasteiger partial charge on any atom is -0.495 e. The maximum absolute atomic E-state index is 5.25. The van der Waals surface area contributed by atoms with E-state index in [0.717, 1.165) is 28.1 Å². The number of ether oxygens (including phenoxy) is 1. The Kier molecular flexibility index (Phi) is 5.36. The smallest absolute Gasteiger partial charge is 0.137 e. The number of hydrogen-bond donors (Lipinski definition) is 1. The van der Waals surface area contributed by atoms with Crippen LogP contribution >= 0.6 is 27.3 Å². The van der Waals surface area contributed by atoms with Gasteiger partial charge in [0, 0.05) is 6.20 Å². The van der Waals surface area contributed by atoms with Crippen molar-refractivity contribution < 1.29 is 4.74 Å². The monoisotopic (exact) mass is 340 g/mol. The summed E-state index contributed by atoms with van der Waals surface area (Å²) in [6.07, 6.45) is 4.71. The first-order valence-electron chi connectivity index (χ1n) is 6.20. The van der Waals surface area contributed by atoms with Gasteiger partial charge in [0.1, 0.15) is 5.75 Å². The van der Waals surface area contributed by atoms with E-state index in [4.69, 9.17) is 4.74 Å². The van der Waals surface area contributed by atoms with Crippen LogP contribution in [-0.4, -0.2) is 18.6 Å². The fourth-order valence-electron chi connectivity index (χ4n) is 1.90. The largest absolute Gasteiger partial charge is 0.495 e. The van der Waals surface area contributed by atoms with Crippen LogP contribution in [-0.2, 0) is 0 Å². The van der Waals surface area contributed by atoms with Gasteiger partial charge in [-0.2, -0.15) is 0 Å². The van der Waals surface area contributed by atoms with Crippen molar-refractivity contribution in [1.29, 1.82) is 0 Å². The van der Waals surface area contributed by atoms with Gasteiger partial charge in [-0.3, -0.25) is 4.98 Å². The molecule has 1 unspecified atom stereocenters. The van der Waals surface area contributed by atoms with Crippen molar-refractivity contribution in [1.82, 2.24) is 10.3 Å². The molecule has 0 bridgehead atoms. The van der Waals surface area contributed by atoms with Crippen molar-refractivity contribution in [3.8, 4) is 5.75 Å². The molecule has 0 fully saturated rings. The fraction of sp³-hybridized carbons (Fsp3) is 0.357. The summed E-state index contributed by atoms with van der Waals surface area (Å²) in [6, 6.07) is 4.34. The van der Waals surface area contributed by atoms with E-state index in [1.54, 1.807) is 24.6 Å². The van der Waals surface area contributed by atoms with E-state index in [1.807, 2.05) is 12.3 Å². The molecule has 0 amide bonds. The Morgan fingerprint density at radius 2 is 2.21 bits per heavy atom. The number of nitrogens with zero attached hydrogens (tertiary/aromatic N) is 1. The first kappa shape index (κ1) is 14.5. The SMILES string of the molecule is CCCNC(c1cncc(OC)c1)c1csc(Br)c1. The van der Waals surface area contributed by atoms with Crippen LogP contribution < -0.4 is 10.1 Å². The van der Waals surface area contributed by atoms with E-state index in [0.29, 0.717) is 0 Å². The highest BCUT2D eigenvalue weighted by Crippen LogP contribution is 2.30. The van der Waals surface area contributed by atoms with E-state index in [1.165, 1.54) is 5.56 Å². The fourth-order valence-corrected chi connectivity index (χ4v) is 3.10. The van der Waals surface area contributed by atoms with Gasteiger partial charge >= 0.3 is 0 Å². The molecule has 1 atom stereocenters. The molecule has 5 heteroatoms. The number of nitrogens with one attached hydrogen (secondary N) is 1. The van der Waals surface area contributed by atoms with Crippen LogP contribution in [0.3, 0.4) is 0 Å². The lowest BCUT2D eigenvalue weighted by atomic mass is 10.0. The molecule has 102 valence electrons. The van der Waals surface area contributed by atoms with Crippen LogP contribution in [0.2, 0.25) is 0 Å². The second-order valence-corrected chi connectivity index (χ2v) is 6.52. The zero-order chi connectivity index (χ0) is 13.7. The maximum Gasteiger partial charge on any atom is 0.137 e. The minimum atomic E-state index is 0.157. The molecular formula is C14H17BrN2OS. The molecule has 0 aliphatic rings. The predicted molar refractivity (Wildman–Crippen MR) is 82.9 cm³/mol. The lowest BCUT2D eigenvalue weighted by Gasteiger charge is -2.18. The summed E-state index contributed by atoms with van der Waals surface area (Å²) in [4.78, 5) is 4.24. The zero-order valence-electron chi connectivity index (χ0n) is 11.0. The predicted octanol–water partition coefficient (Wildman–Crippen LogP) is 4.00. The van der Waals surface area contributed by atoms with Gasteiger partial charge in [0.15, 0.2) is 0 Å². The van der Waals surface area contributed by atoms with E-state index >= 15 is 0 Å². The molecule has 0 saturated heterocycles. The lowest BCUT2D eigenvalue weighted by Crippen LogP contribution is -2.22. The standard InChI is InChI=1S/C14H17BrN2OS/c1-3-4-17-14(11-6-13(15)19-9-11)10-5-12(18-2)8-16-7-10/h5-9,14,17H,3-4H2,1-2H3. The van der Waals surface area contributed by atoms with Crippen molar-refractivity contribution in [2.75, 3.05) is 13.7 Å². The molecule has 2 aromatic rings. The molecule has 3 nitrogen and oxygen atoms in total. The number of halogens is 1. The number of rotatable bonds is 6. The summed E-state index contributed by atoms with van der Waals surface area (Å²) in [5.41, 5.74) is 2.37. The van der Waals surface area contributed by atoms with E-state index in [-0.39, 0.29) is 6.04 Å². The Morgan fingerprint density at radius 3 is 2.84 bits per heavy atom. The summed E-state index contributed by atoms with van der Waals surface area (Å²) in [7, 11) is 1.66. The normalized spacial score (nSPS) is 12.4. The number of pyridine rings is 1. The van der Waals surface area contributed by atoms with Crippen molar-refractivity contribution >= 4 is 27.3 Å². The van der Waals surface area contributed by atoms with Gasteiger partial charge in [-0.1, -0.05) is 6.92 Å². The second-order valence-electron chi connectivity index (χ2n) is 4.23. The average Bonchev–Trinajstić information content (AvgIpc) is 2.86. The third-order valence-electron chi connectivity index (χ3n) is 2.82. The Morgan fingerprint density at radius 1 is 1.37 bits per heavy atom. The van der Waals surface area contributed by atoms with Gasteiger partial charge in [0.25, 0.3) is 0 Å². The van der Waals surface area contributed by atoms with Crippen LogP contribution in [0.5, 0.6) is 5.75 Å². The van der Waals surface area contributed by atoms with Gasteiger partial charge in [0.2, 0.25) is 0 Å². The first-order chi connectivity index (χ1) is 9.24. The zero-order valence-corrected chi connectivity index (χ0v) is 13.4. The molecule has 0 aromatic carbocycles. The number of hydrogen-bond acceptors (Lipinski definition) is 4. The van der Waals surface area contributed by atoms with Gasteiger partial charge in [-0.05, 0) is 57.5 Å². The van der Waals surface area contributed by atoms with Gasteiger partial charge in [0.05, 0.1) is 23.1 Å². The maximum atomic E-state index is 5.25. The topological polar surface area (TPSA) is 34.2 Å². The van der Waals surface area contributed by atoms with Crippen LogP contribution in [0.1, 0.15) is 30.5 Å². The number of methoxy groups -OCH3 is 1. The molecule has 2 heterocycles. The van der Waals surface area contributed by atoms with E-state index in [2.05, 4.69) is 44.6 Å². The Bertz CT molecular complexity index is 530. The quantitative estimate of drug-likeness (QED) is 0.862. The van der Waals surface area contributed by atoms with E-state index in [9.17, 15) is 0 Å². The molecule has 19 heavy (non-hydrogen) atoms. The van der Waals surface area contributed by atoms with Crippen LogP contribution in [0.15, 0.2) is 33.7 Å². The second kappa shape index (κ2) is 7.03. The summed E-state index contributed by atoms with van der Waals surface area (Å²) in [6.45, 7) is 3.13.